The molecule has 23 heavy (non-hydrogen) atoms. The second-order valence-electron chi connectivity index (χ2n) is 5.28. The van der Waals surface area contributed by atoms with E-state index in [9.17, 15) is 15.0 Å². The molecule has 0 saturated heterocycles. The number of nitrogens with zero attached hydrogens (tertiary/aromatic N) is 2. The van der Waals surface area contributed by atoms with Crippen molar-refractivity contribution < 1.29 is 10.2 Å². The Balaban J connectivity index is 2.17. The van der Waals surface area contributed by atoms with E-state index < -0.39 is 11.5 Å². The molecule has 0 saturated carbocycles. The SMILES string of the molecule is CC(O)c1cc(=O)c(O)cn1-c1cccc(-c2ccncc2)c1. The van der Waals surface area contributed by atoms with Crippen molar-refractivity contribution in [3.8, 4) is 22.6 Å². The molecular weight excluding hydrogens is 292 g/mol. The van der Waals surface area contributed by atoms with Crippen molar-refractivity contribution in [3.63, 3.8) is 0 Å². The summed E-state index contributed by atoms with van der Waals surface area (Å²) in [5, 5.41) is 19.6. The van der Waals surface area contributed by atoms with Gasteiger partial charge in [0.05, 0.1) is 18.0 Å². The van der Waals surface area contributed by atoms with E-state index >= 15 is 0 Å². The number of aliphatic hydroxyl groups excluding tert-OH is 1. The zero-order valence-corrected chi connectivity index (χ0v) is 12.5. The van der Waals surface area contributed by atoms with E-state index in [0.29, 0.717) is 5.69 Å². The molecule has 0 amide bonds. The normalized spacial score (nSPS) is 12.1. The number of pyridine rings is 2. The summed E-state index contributed by atoms with van der Waals surface area (Å²) in [4.78, 5) is 15.6. The molecule has 0 bridgehead atoms. The molecular formula is C18H16N2O3. The van der Waals surface area contributed by atoms with Crippen LogP contribution in [-0.4, -0.2) is 19.8 Å². The molecule has 0 spiro atoms. The lowest BCUT2D eigenvalue weighted by molar-refractivity contribution is 0.191. The first-order valence-electron chi connectivity index (χ1n) is 7.21. The number of hydrogen-bond acceptors (Lipinski definition) is 4. The highest BCUT2D eigenvalue weighted by atomic mass is 16.3. The number of benzene rings is 1. The third kappa shape index (κ3) is 3.00. The summed E-state index contributed by atoms with van der Waals surface area (Å²) in [5.41, 5.74) is 2.62. The summed E-state index contributed by atoms with van der Waals surface area (Å²) in [5.74, 6) is -0.358. The van der Waals surface area contributed by atoms with Gasteiger partial charge in [-0.05, 0) is 42.3 Å². The fourth-order valence-corrected chi connectivity index (χ4v) is 2.46. The smallest absolute Gasteiger partial charge is 0.223 e. The summed E-state index contributed by atoms with van der Waals surface area (Å²) >= 11 is 0. The van der Waals surface area contributed by atoms with Crippen molar-refractivity contribution >= 4 is 0 Å². The van der Waals surface area contributed by atoms with Crippen LogP contribution >= 0.6 is 0 Å². The predicted octanol–water partition coefficient (Wildman–Crippen LogP) is 2.66. The van der Waals surface area contributed by atoms with Crippen LogP contribution in [0.5, 0.6) is 5.75 Å². The fourth-order valence-electron chi connectivity index (χ4n) is 2.46. The zero-order valence-electron chi connectivity index (χ0n) is 12.5. The Morgan fingerprint density at radius 3 is 2.52 bits per heavy atom. The average Bonchev–Trinajstić information content (AvgIpc) is 2.57. The van der Waals surface area contributed by atoms with E-state index in [4.69, 9.17) is 0 Å². The summed E-state index contributed by atoms with van der Waals surface area (Å²) in [7, 11) is 0. The van der Waals surface area contributed by atoms with Gasteiger partial charge in [0.1, 0.15) is 0 Å². The molecule has 5 nitrogen and oxygen atoms in total. The highest BCUT2D eigenvalue weighted by molar-refractivity contribution is 5.65. The summed E-state index contributed by atoms with van der Waals surface area (Å²) in [6, 6.07) is 12.7. The summed E-state index contributed by atoms with van der Waals surface area (Å²) < 4.78 is 1.62. The molecule has 2 N–H and O–H groups in total. The average molecular weight is 308 g/mol. The van der Waals surface area contributed by atoms with Gasteiger partial charge in [0.2, 0.25) is 5.43 Å². The molecule has 0 aliphatic rings. The Labute approximate surface area is 133 Å². The van der Waals surface area contributed by atoms with Gasteiger partial charge in [0, 0.05) is 24.1 Å². The molecule has 0 aliphatic heterocycles. The van der Waals surface area contributed by atoms with Gasteiger partial charge in [-0.25, -0.2) is 0 Å². The molecule has 1 aromatic carbocycles. The van der Waals surface area contributed by atoms with Crippen LogP contribution in [0.15, 0.2) is 65.8 Å². The van der Waals surface area contributed by atoms with Crippen LogP contribution in [0.25, 0.3) is 16.8 Å². The van der Waals surface area contributed by atoms with Gasteiger partial charge in [-0.2, -0.15) is 0 Å². The monoisotopic (exact) mass is 308 g/mol. The molecule has 1 atom stereocenters. The van der Waals surface area contributed by atoms with Crippen molar-refractivity contribution in [3.05, 3.63) is 77.0 Å². The first-order valence-corrected chi connectivity index (χ1v) is 7.21. The number of rotatable bonds is 3. The second kappa shape index (κ2) is 6.06. The minimum atomic E-state index is -0.840. The molecule has 0 aliphatic carbocycles. The largest absolute Gasteiger partial charge is 0.503 e. The van der Waals surface area contributed by atoms with Crippen molar-refractivity contribution in [2.45, 2.75) is 13.0 Å². The molecule has 116 valence electrons. The third-order valence-electron chi connectivity index (χ3n) is 3.63. The first kappa shape index (κ1) is 15.0. The van der Waals surface area contributed by atoms with Crippen LogP contribution in [0.4, 0.5) is 0 Å². The Hall–Kier alpha value is -2.92. The van der Waals surface area contributed by atoms with E-state index in [1.807, 2.05) is 36.4 Å². The maximum absolute atomic E-state index is 11.6. The molecule has 2 aromatic heterocycles. The number of aromatic hydroxyl groups is 1. The van der Waals surface area contributed by atoms with Crippen molar-refractivity contribution in [1.82, 2.24) is 9.55 Å². The van der Waals surface area contributed by atoms with Crippen LogP contribution in [0.2, 0.25) is 0 Å². The lowest BCUT2D eigenvalue weighted by Gasteiger charge is -2.16. The molecule has 3 aromatic rings. The lowest BCUT2D eigenvalue weighted by atomic mass is 10.1. The fraction of sp³-hybridized carbons (Fsp3) is 0.111. The van der Waals surface area contributed by atoms with Gasteiger partial charge in [-0.1, -0.05) is 12.1 Å². The van der Waals surface area contributed by atoms with Gasteiger partial charge < -0.3 is 14.8 Å². The van der Waals surface area contributed by atoms with Crippen LogP contribution in [0.1, 0.15) is 18.7 Å². The maximum Gasteiger partial charge on any atom is 0.223 e. The number of aromatic nitrogens is 2. The molecule has 5 heteroatoms. The number of hydrogen-bond donors (Lipinski definition) is 2. The quantitative estimate of drug-likeness (QED) is 0.780. The topological polar surface area (TPSA) is 75.3 Å². The van der Waals surface area contributed by atoms with Crippen LogP contribution < -0.4 is 5.43 Å². The van der Waals surface area contributed by atoms with Crippen LogP contribution in [-0.2, 0) is 0 Å². The van der Waals surface area contributed by atoms with Crippen LogP contribution in [0.3, 0.4) is 0 Å². The van der Waals surface area contributed by atoms with Crippen molar-refractivity contribution in [1.29, 1.82) is 0 Å². The van der Waals surface area contributed by atoms with E-state index in [-0.39, 0.29) is 5.75 Å². The molecule has 2 heterocycles. The highest BCUT2D eigenvalue weighted by Crippen LogP contribution is 2.24. The molecule has 3 rings (SSSR count). The summed E-state index contributed by atoms with van der Waals surface area (Å²) in [6.45, 7) is 1.58. The van der Waals surface area contributed by atoms with Crippen LogP contribution in [0, 0.1) is 0 Å². The first-order chi connectivity index (χ1) is 11.1. The van der Waals surface area contributed by atoms with Gasteiger partial charge in [-0.15, -0.1) is 0 Å². The second-order valence-corrected chi connectivity index (χ2v) is 5.28. The van der Waals surface area contributed by atoms with Crippen molar-refractivity contribution in [2.24, 2.45) is 0 Å². The van der Waals surface area contributed by atoms with E-state index in [1.165, 1.54) is 12.3 Å². The third-order valence-corrected chi connectivity index (χ3v) is 3.63. The van der Waals surface area contributed by atoms with Gasteiger partial charge in [-0.3, -0.25) is 9.78 Å². The molecule has 0 fully saturated rings. The minimum Gasteiger partial charge on any atom is -0.503 e. The van der Waals surface area contributed by atoms with Crippen molar-refractivity contribution in [2.75, 3.05) is 0 Å². The molecule has 0 radical (unpaired) electrons. The Morgan fingerprint density at radius 1 is 1.09 bits per heavy atom. The minimum absolute atomic E-state index is 0.358. The standard InChI is InChI=1S/C18H16N2O3/c1-12(21)16-10-17(22)18(23)11-20(16)15-4-2-3-14(9-15)13-5-7-19-8-6-13/h2-12,21,23H,1H3. The Morgan fingerprint density at radius 2 is 1.83 bits per heavy atom. The van der Waals surface area contributed by atoms with Gasteiger partial charge >= 0.3 is 0 Å². The predicted molar refractivity (Wildman–Crippen MR) is 87.6 cm³/mol. The number of aliphatic hydroxyl groups is 1. The van der Waals surface area contributed by atoms with Gasteiger partial charge in [0.25, 0.3) is 0 Å². The van der Waals surface area contributed by atoms with Gasteiger partial charge in [0.15, 0.2) is 5.75 Å². The Bertz CT molecular complexity index is 886. The zero-order chi connectivity index (χ0) is 16.4. The molecule has 1 unspecified atom stereocenters. The highest BCUT2D eigenvalue weighted by Gasteiger charge is 2.12. The van der Waals surface area contributed by atoms with E-state index in [2.05, 4.69) is 4.98 Å². The maximum atomic E-state index is 11.6. The van der Waals surface area contributed by atoms with E-state index in [0.717, 1.165) is 16.8 Å². The lowest BCUT2D eigenvalue weighted by Crippen LogP contribution is -2.13. The van der Waals surface area contributed by atoms with E-state index in [1.54, 1.807) is 23.9 Å². The summed E-state index contributed by atoms with van der Waals surface area (Å²) in [6.07, 6.45) is 3.92. The Kier molecular flexibility index (Phi) is 3.95.